The molecule has 1 aliphatic carbocycles. The summed E-state index contributed by atoms with van der Waals surface area (Å²) in [5.41, 5.74) is 2.10. The van der Waals surface area contributed by atoms with Crippen molar-refractivity contribution in [2.24, 2.45) is 5.84 Å². The predicted molar refractivity (Wildman–Crippen MR) is 41.0 cm³/mol. The van der Waals surface area contributed by atoms with Gasteiger partial charge in [-0.25, -0.2) is 10.2 Å². The predicted octanol–water partition coefficient (Wildman–Crippen LogP) is -1.03. The fourth-order valence-corrected chi connectivity index (χ4v) is 0.959. The molecule has 12 heavy (non-hydrogen) atoms. The van der Waals surface area contributed by atoms with Crippen molar-refractivity contribution in [3.63, 3.8) is 0 Å². The van der Waals surface area contributed by atoms with Crippen molar-refractivity contribution < 1.29 is 14.7 Å². The van der Waals surface area contributed by atoms with Gasteiger partial charge in [-0.2, -0.15) is 0 Å². The second kappa shape index (κ2) is 3.29. The van der Waals surface area contributed by atoms with E-state index in [-0.39, 0.29) is 11.4 Å². The molecule has 1 atom stereocenters. The van der Waals surface area contributed by atoms with Crippen molar-refractivity contribution in [1.82, 2.24) is 5.43 Å². The van der Waals surface area contributed by atoms with E-state index < -0.39 is 12.0 Å². The topological polar surface area (TPSA) is 92.4 Å². The number of rotatable bonds is 2. The lowest BCUT2D eigenvalue weighted by molar-refractivity contribution is -0.134. The number of carboxylic acid groups (broad SMARTS) is 1. The number of carboxylic acids is 1. The van der Waals surface area contributed by atoms with Gasteiger partial charge in [0.15, 0.2) is 5.78 Å². The van der Waals surface area contributed by atoms with Crippen LogP contribution in [0.5, 0.6) is 0 Å². The Labute approximate surface area is 68.5 Å². The maximum atomic E-state index is 11.0. The number of hydrogen-bond acceptors (Lipinski definition) is 4. The van der Waals surface area contributed by atoms with Gasteiger partial charge < -0.3 is 5.11 Å². The summed E-state index contributed by atoms with van der Waals surface area (Å²) in [6.07, 6.45) is 4.00. The van der Waals surface area contributed by atoms with Crippen LogP contribution in [0.4, 0.5) is 0 Å². The highest BCUT2D eigenvalue weighted by molar-refractivity contribution is 6.06. The number of nitrogens with two attached hydrogens (primary N) is 1. The molecule has 5 nitrogen and oxygen atoms in total. The molecule has 0 saturated heterocycles. The van der Waals surface area contributed by atoms with Gasteiger partial charge in [-0.05, 0) is 12.2 Å². The molecule has 0 amide bonds. The Hall–Kier alpha value is -1.46. The van der Waals surface area contributed by atoms with Crippen LogP contribution in [-0.2, 0) is 9.59 Å². The van der Waals surface area contributed by atoms with E-state index in [2.05, 4.69) is 5.43 Å². The maximum absolute atomic E-state index is 11.0. The summed E-state index contributed by atoms with van der Waals surface area (Å²) in [6.45, 7) is 0. The van der Waals surface area contributed by atoms with Crippen molar-refractivity contribution >= 4 is 11.8 Å². The van der Waals surface area contributed by atoms with Crippen molar-refractivity contribution in [1.29, 1.82) is 0 Å². The minimum absolute atomic E-state index is 0.0370. The molecule has 1 unspecified atom stereocenters. The Morgan fingerprint density at radius 1 is 1.67 bits per heavy atom. The van der Waals surface area contributed by atoms with Gasteiger partial charge in [-0.1, -0.05) is 6.08 Å². The quantitative estimate of drug-likeness (QED) is 0.362. The fourth-order valence-electron chi connectivity index (χ4n) is 0.959. The zero-order chi connectivity index (χ0) is 9.14. The first-order valence-corrected chi connectivity index (χ1v) is 3.28. The second-order valence-electron chi connectivity index (χ2n) is 2.29. The summed E-state index contributed by atoms with van der Waals surface area (Å²) in [5.74, 6) is 3.52. The molecule has 0 saturated carbocycles. The number of aliphatic carboxylic acids is 1. The van der Waals surface area contributed by atoms with Crippen LogP contribution in [0.15, 0.2) is 23.8 Å². The van der Waals surface area contributed by atoms with Crippen LogP contribution in [-0.4, -0.2) is 22.9 Å². The smallest absolute Gasteiger partial charge is 0.333 e. The van der Waals surface area contributed by atoms with Crippen molar-refractivity contribution in [3.8, 4) is 0 Å². The number of carbonyl (C=O) groups is 2. The standard InChI is InChI=1S/C7H8N2O3/c8-9-6-4(7(11)12)2-1-3-5(6)10/h1-3,6,9H,8H2,(H,11,12). The van der Waals surface area contributed by atoms with E-state index in [0.717, 1.165) is 0 Å². The Bertz CT molecular complexity index is 280. The van der Waals surface area contributed by atoms with Gasteiger partial charge in [0.05, 0.1) is 5.57 Å². The highest BCUT2D eigenvalue weighted by Gasteiger charge is 2.26. The van der Waals surface area contributed by atoms with E-state index in [1.54, 1.807) is 0 Å². The number of hydrazine groups is 1. The summed E-state index contributed by atoms with van der Waals surface area (Å²) < 4.78 is 0. The molecule has 0 heterocycles. The molecule has 0 radical (unpaired) electrons. The normalized spacial score (nSPS) is 22.2. The SMILES string of the molecule is NNC1C(=O)C=CC=C1C(=O)O. The molecule has 1 rings (SSSR count). The van der Waals surface area contributed by atoms with Crippen LogP contribution in [0.1, 0.15) is 0 Å². The molecule has 0 spiro atoms. The van der Waals surface area contributed by atoms with E-state index in [4.69, 9.17) is 10.9 Å². The Morgan fingerprint density at radius 3 is 2.75 bits per heavy atom. The van der Waals surface area contributed by atoms with Gasteiger partial charge >= 0.3 is 5.97 Å². The zero-order valence-electron chi connectivity index (χ0n) is 6.15. The molecule has 0 aromatic heterocycles. The van der Waals surface area contributed by atoms with Crippen molar-refractivity contribution in [2.75, 3.05) is 0 Å². The van der Waals surface area contributed by atoms with Gasteiger partial charge in [0.2, 0.25) is 0 Å². The van der Waals surface area contributed by atoms with Crippen LogP contribution in [0.25, 0.3) is 0 Å². The lowest BCUT2D eigenvalue weighted by Crippen LogP contribution is -2.44. The molecular weight excluding hydrogens is 160 g/mol. The van der Waals surface area contributed by atoms with Gasteiger partial charge in [-0.15, -0.1) is 0 Å². The summed E-state index contributed by atoms with van der Waals surface area (Å²) >= 11 is 0. The molecule has 0 aromatic carbocycles. The van der Waals surface area contributed by atoms with Gasteiger partial charge in [-0.3, -0.25) is 10.6 Å². The largest absolute Gasteiger partial charge is 0.478 e. The van der Waals surface area contributed by atoms with Crippen LogP contribution in [0.3, 0.4) is 0 Å². The number of ketones is 1. The first kappa shape index (κ1) is 8.63. The lowest BCUT2D eigenvalue weighted by Gasteiger charge is -2.15. The number of hydrogen-bond donors (Lipinski definition) is 3. The third-order valence-corrected chi connectivity index (χ3v) is 1.55. The Kier molecular flexibility index (Phi) is 2.37. The summed E-state index contributed by atoms with van der Waals surface area (Å²) in [5, 5.41) is 8.61. The van der Waals surface area contributed by atoms with E-state index >= 15 is 0 Å². The molecule has 0 aromatic rings. The van der Waals surface area contributed by atoms with Gasteiger partial charge in [0.25, 0.3) is 0 Å². The highest BCUT2D eigenvalue weighted by atomic mass is 16.4. The van der Waals surface area contributed by atoms with E-state index in [0.29, 0.717) is 0 Å². The molecule has 0 fully saturated rings. The van der Waals surface area contributed by atoms with Crippen molar-refractivity contribution in [3.05, 3.63) is 23.8 Å². The van der Waals surface area contributed by atoms with E-state index in [9.17, 15) is 9.59 Å². The van der Waals surface area contributed by atoms with E-state index in [1.165, 1.54) is 18.2 Å². The highest BCUT2D eigenvalue weighted by Crippen LogP contribution is 2.09. The van der Waals surface area contributed by atoms with Gasteiger partial charge in [0, 0.05) is 0 Å². The van der Waals surface area contributed by atoms with Crippen LogP contribution in [0, 0.1) is 0 Å². The Morgan fingerprint density at radius 2 is 2.33 bits per heavy atom. The van der Waals surface area contributed by atoms with Crippen molar-refractivity contribution in [2.45, 2.75) is 6.04 Å². The summed E-state index contributed by atoms with van der Waals surface area (Å²) in [6, 6.07) is -0.924. The minimum Gasteiger partial charge on any atom is -0.478 e. The first-order chi connectivity index (χ1) is 5.66. The average molecular weight is 168 g/mol. The molecule has 4 N–H and O–H groups in total. The number of carbonyl (C=O) groups excluding carboxylic acids is 1. The van der Waals surface area contributed by atoms with E-state index in [1.807, 2.05) is 0 Å². The molecule has 64 valence electrons. The average Bonchev–Trinajstić information content (AvgIpc) is 2.03. The van der Waals surface area contributed by atoms with Gasteiger partial charge in [0.1, 0.15) is 6.04 Å². The monoisotopic (exact) mass is 168 g/mol. The summed E-state index contributed by atoms with van der Waals surface area (Å²) in [4.78, 5) is 21.5. The van der Waals surface area contributed by atoms with Crippen LogP contribution < -0.4 is 11.3 Å². The number of allylic oxidation sites excluding steroid dienone is 2. The number of nitrogens with one attached hydrogen (secondary N) is 1. The van der Waals surface area contributed by atoms with Crippen LogP contribution >= 0.6 is 0 Å². The molecule has 1 aliphatic rings. The molecule has 0 aliphatic heterocycles. The molecule has 0 bridgehead atoms. The molecular formula is C7H8N2O3. The Balaban J connectivity index is 2.96. The second-order valence-corrected chi connectivity index (χ2v) is 2.29. The maximum Gasteiger partial charge on any atom is 0.333 e. The lowest BCUT2D eigenvalue weighted by atomic mass is 9.99. The first-order valence-electron chi connectivity index (χ1n) is 3.28. The zero-order valence-corrected chi connectivity index (χ0v) is 6.15. The third-order valence-electron chi connectivity index (χ3n) is 1.55. The third kappa shape index (κ3) is 1.41. The van der Waals surface area contributed by atoms with Crippen LogP contribution in [0.2, 0.25) is 0 Å². The summed E-state index contributed by atoms with van der Waals surface area (Å²) in [7, 11) is 0. The minimum atomic E-state index is -1.14. The fraction of sp³-hybridized carbons (Fsp3) is 0.143. The molecule has 5 heteroatoms.